The lowest BCUT2D eigenvalue weighted by atomic mass is 10.1. The number of hydrogen-bond donors (Lipinski definition) is 3. The number of aromatic nitrogens is 1. The Labute approximate surface area is 111 Å². The van der Waals surface area contributed by atoms with E-state index in [2.05, 4.69) is 10.3 Å². The van der Waals surface area contributed by atoms with E-state index >= 15 is 0 Å². The number of nitrogen functional groups attached to an aromatic ring is 1. The van der Waals surface area contributed by atoms with E-state index in [9.17, 15) is 9.59 Å². The predicted molar refractivity (Wildman–Crippen MR) is 71.6 cm³/mol. The predicted octanol–water partition coefficient (Wildman–Crippen LogP) is -0.522. The third-order valence-corrected chi connectivity index (χ3v) is 3.20. The largest absolute Gasteiger partial charge is 0.397 e. The van der Waals surface area contributed by atoms with E-state index in [-0.39, 0.29) is 23.2 Å². The summed E-state index contributed by atoms with van der Waals surface area (Å²) in [7, 11) is 0. The fourth-order valence-electron chi connectivity index (χ4n) is 2.22. The molecule has 2 rings (SSSR count). The number of carbonyl (C=O) groups is 2. The number of hydrogen-bond acceptors (Lipinski definition) is 5. The van der Waals surface area contributed by atoms with Gasteiger partial charge in [-0.05, 0) is 12.5 Å². The third-order valence-electron chi connectivity index (χ3n) is 3.20. The minimum atomic E-state index is -0.601. The fourth-order valence-corrected chi connectivity index (χ4v) is 2.22. The molecule has 7 heteroatoms. The molecule has 1 aliphatic rings. The van der Waals surface area contributed by atoms with Gasteiger partial charge < -0.3 is 21.7 Å². The molecule has 1 saturated heterocycles. The van der Waals surface area contributed by atoms with E-state index in [4.69, 9.17) is 11.5 Å². The van der Waals surface area contributed by atoms with Crippen LogP contribution in [0, 0.1) is 0 Å². The third kappa shape index (κ3) is 2.44. The molecule has 2 amide bonds. The van der Waals surface area contributed by atoms with Gasteiger partial charge in [-0.3, -0.25) is 9.59 Å². The lowest BCUT2D eigenvalue weighted by Crippen LogP contribution is -2.55. The SMILES string of the molecule is CCC1C(=O)NCCN1c1cc(C(N)=O)c(N)cn1. The van der Waals surface area contributed by atoms with Crippen molar-refractivity contribution in [2.45, 2.75) is 19.4 Å². The number of amides is 2. The maximum absolute atomic E-state index is 11.8. The highest BCUT2D eigenvalue weighted by Crippen LogP contribution is 2.22. The standard InChI is InChI=1S/C12H17N5O2/c1-2-9-12(19)15-3-4-17(9)10-5-7(11(14)18)8(13)6-16-10/h5-6,9H,2-4,13H2,1H3,(H2,14,18)(H,15,19). The van der Waals surface area contributed by atoms with Gasteiger partial charge in [0.2, 0.25) is 5.91 Å². The van der Waals surface area contributed by atoms with E-state index in [0.29, 0.717) is 25.3 Å². The molecule has 0 bridgehead atoms. The van der Waals surface area contributed by atoms with Crippen LogP contribution in [-0.4, -0.2) is 35.9 Å². The van der Waals surface area contributed by atoms with Crippen LogP contribution in [0.4, 0.5) is 11.5 Å². The van der Waals surface area contributed by atoms with Crippen molar-refractivity contribution in [3.8, 4) is 0 Å². The minimum absolute atomic E-state index is 0.0343. The molecule has 1 unspecified atom stereocenters. The molecule has 0 radical (unpaired) electrons. The first kappa shape index (κ1) is 13.1. The van der Waals surface area contributed by atoms with Gasteiger partial charge >= 0.3 is 0 Å². The number of carbonyl (C=O) groups excluding carboxylic acids is 2. The van der Waals surface area contributed by atoms with Gasteiger partial charge in [0, 0.05) is 13.1 Å². The molecule has 1 aromatic heterocycles. The Kier molecular flexibility index (Phi) is 3.55. The van der Waals surface area contributed by atoms with Crippen molar-refractivity contribution in [2.75, 3.05) is 23.7 Å². The number of nitrogens with zero attached hydrogens (tertiary/aromatic N) is 2. The lowest BCUT2D eigenvalue weighted by molar-refractivity contribution is -0.123. The first-order valence-corrected chi connectivity index (χ1v) is 6.14. The van der Waals surface area contributed by atoms with E-state index in [1.807, 2.05) is 11.8 Å². The van der Waals surface area contributed by atoms with Crippen molar-refractivity contribution in [3.63, 3.8) is 0 Å². The van der Waals surface area contributed by atoms with Crippen molar-refractivity contribution in [3.05, 3.63) is 17.8 Å². The van der Waals surface area contributed by atoms with E-state index in [0.717, 1.165) is 0 Å². The Bertz CT molecular complexity index is 517. The molecule has 1 aromatic rings. The van der Waals surface area contributed by atoms with Crippen molar-refractivity contribution in [2.24, 2.45) is 5.73 Å². The van der Waals surface area contributed by atoms with Crippen LogP contribution in [0.2, 0.25) is 0 Å². The monoisotopic (exact) mass is 263 g/mol. The highest BCUT2D eigenvalue weighted by Gasteiger charge is 2.29. The van der Waals surface area contributed by atoms with Crippen LogP contribution in [0.25, 0.3) is 0 Å². The van der Waals surface area contributed by atoms with E-state index in [1.54, 1.807) is 6.07 Å². The van der Waals surface area contributed by atoms with Gasteiger partial charge in [-0.15, -0.1) is 0 Å². The quantitative estimate of drug-likeness (QED) is 0.678. The molecular weight excluding hydrogens is 246 g/mol. The number of pyridine rings is 1. The molecular formula is C12H17N5O2. The zero-order valence-corrected chi connectivity index (χ0v) is 10.7. The van der Waals surface area contributed by atoms with Crippen molar-refractivity contribution < 1.29 is 9.59 Å². The summed E-state index contributed by atoms with van der Waals surface area (Å²) in [5.41, 5.74) is 11.4. The van der Waals surface area contributed by atoms with Crippen molar-refractivity contribution in [1.82, 2.24) is 10.3 Å². The number of primary amides is 1. The molecule has 0 aromatic carbocycles. The van der Waals surface area contributed by atoms with Gasteiger partial charge in [-0.25, -0.2) is 4.98 Å². The Morgan fingerprint density at radius 2 is 2.37 bits per heavy atom. The van der Waals surface area contributed by atoms with Gasteiger partial charge in [-0.1, -0.05) is 6.92 Å². The van der Waals surface area contributed by atoms with Gasteiger partial charge in [0.25, 0.3) is 5.91 Å². The summed E-state index contributed by atoms with van der Waals surface area (Å²) in [6, 6.07) is 1.25. The second-order valence-corrected chi connectivity index (χ2v) is 4.40. The van der Waals surface area contributed by atoms with E-state index in [1.165, 1.54) is 6.20 Å². The second-order valence-electron chi connectivity index (χ2n) is 4.40. The number of anilines is 2. The Morgan fingerprint density at radius 1 is 1.63 bits per heavy atom. The molecule has 1 fully saturated rings. The van der Waals surface area contributed by atoms with Crippen LogP contribution in [-0.2, 0) is 4.79 Å². The van der Waals surface area contributed by atoms with Crippen LogP contribution in [0.1, 0.15) is 23.7 Å². The second kappa shape index (κ2) is 5.13. The number of nitrogens with one attached hydrogen (secondary N) is 1. The smallest absolute Gasteiger partial charge is 0.250 e. The summed E-state index contributed by atoms with van der Waals surface area (Å²) in [5.74, 6) is -0.0895. The normalized spacial score (nSPS) is 19.1. The molecule has 1 atom stereocenters. The molecule has 102 valence electrons. The van der Waals surface area contributed by atoms with Crippen molar-refractivity contribution >= 4 is 23.3 Å². The Morgan fingerprint density at radius 3 is 3.00 bits per heavy atom. The first-order chi connectivity index (χ1) is 9.04. The maximum Gasteiger partial charge on any atom is 0.250 e. The van der Waals surface area contributed by atoms with Crippen LogP contribution >= 0.6 is 0 Å². The summed E-state index contributed by atoms with van der Waals surface area (Å²) in [6.07, 6.45) is 2.05. The van der Waals surface area contributed by atoms with Crippen LogP contribution in [0.15, 0.2) is 12.3 Å². The van der Waals surface area contributed by atoms with E-state index < -0.39 is 5.91 Å². The molecule has 0 aliphatic carbocycles. The summed E-state index contributed by atoms with van der Waals surface area (Å²) < 4.78 is 0. The Hall–Kier alpha value is -2.31. The molecule has 0 saturated carbocycles. The highest BCUT2D eigenvalue weighted by atomic mass is 16.2. The zero-order chi connectivity index (χ0) is 14.0. The lowest BCUT2D eigenvalue weighted by Gasteiger charge is -2.35. The summed E-state index contributed by atoms with van der Waals surface area (Å²) in [4.78, 5) is 29.1. The average molecular weight is 263 g/mol. The average Bonchev–Trinajstić information content (AvgIpc) is 2.38. The molecule has 2 heterocycles. The molecule has 0 spiro atoms. The first-order valence-electron chi connectivity index (χ1n) is 6.14. The van der Waals surface area contributed by atoms with Crippen LogP contribution < -0.4 is 21.7 Å². The minimum Gasteiger partial charge on any atom is -0.397 e. The molecule has 7 nitrogen and oxygen atoms in total. The van der Waals surface area contributed by atoms with Gasteiger partial charge in [0.1, 0.15) is 11.9 Å². The summed E-state index contributed by atoms with van der Waals surface area (Å²) >= 11 is 0. The van der Waals surface area contributed by atoms with Gasteiger partial charge in [-0.2, -0.15) is 0 Å². The molecule has 1 aliphatic heterocycles. The highest BCUT2D eigenvalue weighted by molar-refractivity contribution is 5.98. The van der Waals surface area contributed by atoms with Gasteiger partial charge in [0.05, 0.1) is 17.4 Å². The molecule has 19 heavy (non-hydrogen) atoms. The summed E-state index contributed by atoms with van der Waals surface area (Å²) in [5, 5.41) is 2.81. The van der Waals surface area contributed by atoms with Crippen molar-refractivity contribution in [1.29, 1.82) is 0 Å². The zero-order valence-electron chi connectivity index (χ0n) is 10.7. The Balaban J connectivity index is 2.37. The van der Waals surface area contributed by atoms with Gasteiger partial charge in [0.15, 0.2) is 0 Å². The number of rotatable bonds is 3. The number of nitrogens with two attached hydrogens (primary N) is 2. The fraction of sp³-hybridized carbons (Fsp3) is 0.417. The maximum atomic E-state index is 11.8. The van der Waals surface area contributed by atoms with Crippen LogP contribution in [0.5, 0.6) is 0 Å². The summed E-state index contributed by atoms with van der Waals surface area (Å²) in [6.45, 7) is 3.11. The van der Waals surface area contributed by atoms with Crippen LogP contribution in [0.3, 0.4) is 0 Å². The number of piperazine rings is 1. The molecule has 5 N–H and O–H groups in total. The topological polar surface area (TPSA) is 114 Å².